The molecule has 0 aromatic heterocycles. The largest absolute Gasteiger partial charge is 0.350 e. The van der Waals surface area contributed by atoms with E-state index in [4.69, 9.17) is 6.42 Å². The number of hydrogen-bond donors (Lipinski definition) is 1. The summed E-state index contributed by atoms with van der Waals surface area (Å²) in [5.41, 5.74) is 4.10. The lowest BCUT2D eigenvalue weighted by molar-refractivity contribution is 0.0695. The van der Waals surface area contributed by atoms with Crippen LogP contribution in [0.3, 0.4) is 0 Å². The van der Waals surface area contributed by atoms with Crippen LogP contribution in [0, 0.1) is 36.9 Å². The molecular weight excluding hydrogens is 427 g/mol. The third-order valence-electron chi connectivity index (χ3n) is 6.87. The lowest BCUT2D eigenvalue weighted by atomic mass is 9.96. The first kappa shape index (κ1) is 21.9. The summed E-state index contributed by atoms with van der Waals surface area (Å²) >= 11 is 0. The number of likely N-dealkylation sites (tertiary alicyclic amines) is 1. The summed E-state index contributed by atoms with van der Waals surface area (Å²) < 4.78 is 13.9. The molecule has 1 saturated heterocycles. The van der Waals surface area contributed by atoms with Crippen LogP contribution in [-0.2, 0) is 0 Å². The van der Waals surface area contributed by atoms with Crippen molar-refractivity contribution >= 4 is 11.8 Å². The van der Waals surface area contributed by atoms with E-state index in [0.717, 1.165) is 17.5 Å². The van der Waals surface area contributed by atoms with Crippen LogP contribution in [-0.4, -0.2) is 35.8 Å². The fourth-order valence-corrected chi connectivity index (χ4v) is 5.01. The average molecular weight is 453 g/mol. The second-order valence-corrected chi connectivity index (χ2v) is 9.18. The number of nitrogens with zero attached hydrogens (tertiary/aromatic N) is 1. The van der Waals surface area contributed by atoms with Gasteiger partial charge in [0.15, 0.2) is 0 Å². The first-order chi connectivity index (χ1) is 16.4. The Kier molecular flexibility index (Phi) is 5.67. The molecule has 2 aliphatic rings. The van der Waals surface area contributed by atoms with Crippen LogP contribution in [0.2, 0.25) is 0 Å². The SMILES string of the molecule is C#Cc1cccc(C(=O)NCC2C3CC3CN2C(=O)c2ccc(C)cc2-c2cccc(F)c2)c1. The van der Waals surface area contributed by atoms with E-state index in [0.29, 0.717) is 47.2 Å². The third kappa shape index (κ3) is 4.20. The van der Waals surface area contributed by atoms with Crippen molar-refractivity contribution in [1.29, 1.82) is 0 Å². The standard InChI is InChI=1S/C29H25FN2O2/c1-3-19-6-4-8-21(13-19)28(33)31-16-27-26-15-22(26)17-32(27)29(34)24-11-10-18(2)12-25(24)20-7-5-9-23(30)14-20/h1,4-14,22,26-27H,15-17H2,2H3,(H,31,33). The molecule has 0 bridgehead atoms. The van der Waals surface area contributed by atoms with E-state index in [1.54, 1.807) is 30.3 Å². The minimum absolute atomic E-state index is 0.0704. The monoisotopic (exact) mass is 452 g/mol. The fraction of sp³-hybridized carbons (Fsp3) is 0.241. The van der Waals surface area contributed by atoms with E-state index in [1.807, 2.05) is 36.1 Å². The molecule has 3 aromatic carbocycles. The summed E-state index contributed by atoms with van der Waals surface area (Å²) in [7, 11) is 0. The van der Waals surface area contributed by atoms with Crippen LogP contribution in [0.4, 0.5) is 4.39 Å². The Balaban J connectivity index is 1.37. The predicted molar refractivity (Wildman–Crippen MR) is 130 cm³/mol. The Labute approximate surface area is 198 Å². The molecule has 5 heteroatoms. The van der Waals surface area contributed by atoms with E-state index < -0.39 is 0 Å². The van der Waals surface area contributed by atoms with Crippen molar-refractivity contribution < 1.29 is 14.0 Å². The highest BCUT2D eigenvalue weighted by Gasteiger charge is 2.54. The van der Waals surface area contributed by atoms with Gasteiger partial charge < -0.3 is 10.2 Å². The molecule has 1 saturated carbocycles. The van der Waals surface area contributed by atoms with Gasteiger partial charge in [0.2, 0.25) is 0 Å². The van der Waals surface area contributed by atoms with Crippen LogP contribution in [0.15, 0.2) is 66.7 Å². The van der Waals surface area contributed by atoms with E-state index in [1.165, 1.54) is 12.1 Å². The molecule has 1 aliphatic carbocycles. The zero-order chi connectivity index (χ0) is 23.8. The highest BCUT2D eigenvalue weighted by atomic mass is 19.1. The highest BCUT2D eigenvalue weighted by molar-refractivity contribution is 6.01. The van der Waals surface area contributed by atoms with Gasteiger partial charge in [0.25, 0.3) is 11.8 Å². The summed E-state index contributed by atoms with van der Waals surface area (Å²) in [5, 5.41) is 3.00. The van der Waals surface area contributed by atoms with E-state index in [-0.39, 0.29) is 23.7 Å². The maximum Gasteiger partial charge on any atom is 0.254 e. The van der Waals surface area contributed by atoms with Crippen molar-refractivity contribution in [2.75, 3.05) is 13.1 Å². The number of carbonyl (C=O) groups excluding carboxylic acids is 2. The van der Waals surface area contributed by atoms with Gasteiger partial charge in [-0.1, -0.05) is 41.8 Å². The van der Waals surface area contributed by atoms with Gasteiger partial charge >= 0.3 is 0 Å². The van der Waals surface area contributed by atoms with Gasteiger partial charge in [-0.3, -0.25) is 9.59 Å². The molecule has 170 valence electrons. The first-order valence-corrected chi connectivity index (χ1v) is 11.5. The van der Waals surface area contributed by atoms with Gasteiger partial charge in [-0.2, -0.15) is 0 Å². The van der Waals surface area contributed by atoms with Crippen molar-refractivity contribution in [2.24, 2.45) is 11.8 Å². The molecule has 0 spiro atoms. The number of fused-ring (bicyclic) bond motifs is 1. The predicted octanol–water partition coefficient (Wildman–Crippen LogP) is 4.67. The molecule has 1 aliphatic heterocycles. The maximum absolute atomic E-state index is 13.9. The van der Waals surface area contributed by atoms with Crippen molar-refractivity contribution in [3.8, 4) is 23.5 Å². The Morgan fingerprint density at radius 2 is 1.94 bits per heavy atom. The van der Waals surface area contributed by atoms with Gasteiger partial charge in [0, 0.05) is 29.8 Å². The van der Waals surface area contributed by atoms with Crippen LogP contribution in [0.25, 0.3) is 11.1 Å². The van der Waals surface area contributed by atoms with Crippen LogP contribution in [0.5, 0.6) is 0 Å². The lowest BCUT2D eigenvalue weighted by Crippen LogP contribution is -2.45. The van der Waals surface area contributed by atoms with Crippen LogP contribution in [0.1, 0.15) is 38.3 Å². The van der Waals surface area contributed by atoms with E-state index >= 15 is 0 Å². The number of terminal acetylenes is 1. The van der Waals surface area contributed by atoms with Crippen LogP contribution >= 0.6 is 0 Å². The number of benzene rings is 3. The Morgan fingerprint density at radius 3 is 2.74 bits per heavy atom. The topological polar surface area (TPSA) is 49.4 Å². The van der Waals surface area contributed by atoms with Gasteiger partial charge in [-0.05, 0) is 72.7 Å². The summed E-state index contributed by atoms with van der Waals surface area (Å²) in [4.78, 5) is 28.3. The highest BCUT2D eigenvalue weighted by Crippen LogP contribution is 2.50. The van der Waals surface area contributed by atoms with E-state index in [9.17, 15) is 14.0 Å². The van der Waals surface area contributed by atoms with Crippen molar-refractivity contribution in [3.63, 3.8) is 0 Å². The Morgan fingerprint density at radius 1 is 1.12 bits per heavy atom. The molecule has 2 fully saturated rings. The van der Waals surface area contributed by atoms with Gasteiger partial charge in [-0.15, -0.1) is 6.42 Å². The number of piperidine rings is 1. The second-order valence-electron chi connectivity index (χ2n) is 9.18. The molecule has 3 aromatic rings. The number of halogens is 1. The molecule has 4 nitrogen and oxygen atoms in total. The zero-order valence-electron chi connectivity index (χ0n) is 18.9. The molecule has 3 atom stereocenters. The summed E-state index contributed by atoms with van der Waals surface area (Å²) in [6, 6.07) is 18.9. The van der Waals surface area contributed by atoms with Crippen molar-refractivity contribution in [1.82, 2.24) is 10.2 Å². The molecule has 34 heavy (non-hydrogen) atoms. The summed E-state index contributed by atoms with van der Waals surface area (Å²) in [6.45, 7) is 3.01. The normalized spacial score (nSPS) is 20.4. The molecule has 1 N–H and O–H groups in total. The minimum Gasteiger partial charge on any atom is -0.350 e. The molecule has 0 radical (unpaired) electrons. The van der Waals surface area contributed by atoms with Gasteiger partial charge in [0.1, 0.15) is 5.82 Å². The number of nitrogens with one attached hydrogen (secondary N) is 1. The lowest BCUT2D eigenvalue weighted by Gasteiger charge is -2.29. The summed E-state index contributed by atoms with van der Waals surface area (Å²) in [5.74, 6) is 2.78. The number of rotatable bonds is 5. The number of hydrogen-bond acceptors (Lipinski definition) is 2. The Hall–Kier alpha value is -3.91. The molecule has 2 amide bonds. The van der Waals surface area contributed by atoms with E-state index in [2.05, 4.69) is 11.2 Å². The minimum atomic E-state index is -0.339. The molecule has 3 unspecified atom stereocenters. The van der Waals surface area contributed by atoms with Crippen molar-refractivity contribution in [2.45, 2.75) is 19.4 Å². The molecular formula is C29H25FN2O2. The van der Waals surface area contributed by atoms with Gasteiger partial charge in [0.05, 0.1) is 6.04 Å². The van der Waals surface area contributed by atoms with Crippen LogP contribution < -0.4 is 5.32 Å². The van der Waals surface area contributed by atoms with Gasteiger partial charge in [-0.25, -0.2) is 4.39 Å². The number of aryl methyl sites for hydroxylation is 1. The second kappa shape index (κ2) is 8.79. The number of amides is 2. The fourth-order valence-electron chi connectivity index (χ4n) is 5.01. The molecule has 5 rings (SSSR count). The Bertz CT molecular complexity index is 1330. The smallest absolute Gasteiger partial charge is 0.254 e. The quantitative estimate of drug-likeness (QED) is 0.572. The maximum atomic E-state index is 13.9. The number of carbonyl (C=O) groups is 2. The zero-order valence-corrected chi connectivity index (χ0v) is 18.9. The molecule has 1 heterocycles. The summed E-state index contributed by atoms with van der Waals surface area (Å²) in [6.07, 6.45) is 6.52. The average Bonchev–Trinajstić information content (AvgIpc) is 3.53. The third-order valence-corrected chi connectivity index (χ3v) is 6.87. The van der Waals surface area contributed by atoms with Crippen molar-refractivity contribution in [3.05, 3.63) is 94.8 Å². The first-order valence-electron chi connectivity index (χ1n) is 11.5.